The molecule has 7 heteroatoms. The maximum absolute atomic E-state index is 5.56. The number of benzene rings is 1. The van der Waals surface area contributed by atoms with Crippen LogP contribution in [0.15, 0.2) is 58.1 Å². The molecule has 1 aromatic carbocycles. The minimum absolute atomic E-state index is 0. The molecule has 0 aliphatic carbocycles. The summed E-state index contributed by atoms with van der Waals surface area (Å²) in [6.07, 6.45) is 3.62. The third-order valence-corrected chi connectivity index (χ3v) is 3.97. The van der Waals surface area contributed by atoms with Gasteiger partial charge in [0.05, 0.1) is 6.26 Å². The summed E-state index contributed by atoms with van der Waals surface area (Å²) in [7, 11) is 3.91. The fourth-order valence-electron chi connectivity index (χ4n) is 2.50. The Kier molecular flexibility index (Phi) is 12.4. The van der Waals surface area contributed by atoms with Crippen LogP contribution in [0.4, 0.5) is 5.69 Å². The highest BCUT2D eigenvalue weighted by Gasteiger charge is 2.01. The smallest absolute Gasteiger partial charge is 0.190 e. The molecule has 2 N–H and O–H groups in total. The number of nitrogens with one attached hydrogen (secondary N) is 2. The van der Waals surface area contributed by atoms with Gasteiger partial charge in [-0.05, 0) is 37.1 Å². The van der Waals surface area contributed by atoms with Gasteiger partial charge in [-0.25, -0.2) is 0 Å². The molecule has 0 unspecified atom stereocenters. The zero-order valence-electron chi connectivity index (χ0n) is 16.2. The van der Waals surface area contributed by atoms with Crippen LogP contribution >= 0.6 is 24.0 Å². The first-order valence-corrected chi connectivity index (χ1v) is 9.10. The lowest BCUT2D eigenvalue weighted by Gasteiger charge is -2.19. The van der Waals surface area contributed by atoms with E-state index in [4.69, 9.17) is 9.15 Å². The molecule has 0 fully saturated rings. The van der Waals surface area contributed by atoms with E-state index in [-0.39, 0.29) is 24.0 Å². The fraction of sp³-hybridized carbons (Fsp3) is 0.450. The Balaban J connectivity index is 0.00000364. The highest BCUT2D eigenvalue weighted by molar-refractivity contribution is 14.0. The third kappa shape index (κ3) is 9.67. The first-order valence-electron chi connectivity index (χ1n) is 9.10. The summed E-state index contributed by atoms with van der Waals surface area (Å²) in [6, 6.07) is 14.2. The summed E-state index contributed by atoms with van der Waals surface area (Å²) in [6.45, 7) is 3.91. The van der Waals surface area contributed by atoms with Crippen molar-refractivity contribution in [2.75, 3.05) is 45.2 Å². The second-order valence-corrected chi connectivity index (χ2v) is 6.02. The van der Waals surface area contributed by atoms with Crippen LogP contribution in [0.3, 0.4) is 0 Å². The lowest BCUT2D eigenvalue weighted by molar-refractivity contribution is 0.105. The Morgan fingerprint density at radius 2 is 1.81 bits per heavy atom. The molecule has 0 aliphatic rings. The maximum atomic E-state index is 5.56. The van der Waals surface area contributed by atoms with Crippen molar-refractivity contribution in [1.82, 2.24) is 10.6 Å². The molecule has 0 atom stereocenters. The second-order valence-electron chi connectivity index (χ2n) is 6.02. The standard InChI is InChI=1S/C20H30N4O2.HI/c1-21-20(23-13-8-15-25-17-19-11-6-16-26-19)22-12-7-14-24(2)18-9-4-3-5-10-18;/h3-6,9-11,16H,7-8,12-15,17H2,1-2H3,(H2,21,22,23);1H. The number of guanidine groups is 1. The van der Waals surface area contributed by atoms with Crippen LogP contribution in [0.25, 0.3) is 0 Å². The highest BCUT2D eigenvalue weighted by atomic mass is 127. The van der Waals surface area contributed by atoms with Crippen LogP contribution in [0.2, 0.25) is 0 Å². The summed E-state index contributed by atoms with van der Waals surface area (Å²) in [5, 5.41) is 6.65. The van der Waals surface area contributed by atoms with Gasteiger partial charge in [-0.1, -0.05) is 18.2 Å². The average molecular weight is 486 g/mol. The van der Waals surface area contributed by atoms with Gasteiger partial charge in [-0.15, -0.1) is 24.0 Å². The van der Waals surface area contributed by atoms with Crippen LogP contribution in [0.1, 0.15) is 18.6 Å². The summed E-state index contributed by atoms with van der Waals surface area (Å²) in [5.41, 5.74) is 1.24. The number of nitrogens with zero attached hydrogens (tertiary/aromatic N) is 2. The number of para-hydroxylation sites is 1. The van der Waals surface area contributed by atoms with Gasteiger partial charge in [0.1, 0.15) is 12.4 Å². The monoisotopic (exact) mass is 486 g/mol. The fourth-order valence-corrected chi connectivity index (χ4v) is 2.50. The molecule has 0 bridgehead atoms. The van der Waals surface area contributed by atoms with Gasteiger partial charge < -0.3 is 24.7 Å². The number of furan rings is 1. The number of hydrogen-bond donors (Lipinski definition) is 2. The quantitative estimate of drug-likeness (QED) is 0.221. The molecule has 27 heavy (non-hydrogen) atoms. The molecule has 0 spiro atoms. The molecule has 0 saturated carbocycles. The molecule has 2 aromatic rings. The van der Waals surface area contributed by atoms with Crippen molar-refractivity contribution in [2.45, 2.75) is 19.4 Å². The normalized spacial score (nSPS) is 11.0. The lowest BCUT2D eigenvalue weighted by atomic mass is 10.3. The lowest BCUT2D eigenvalue weighted by Crippen LogP contribution is -2.39. The van der Waals surface area contributed by atoms with E-state index in [0.29, 0.717) is 13.2 Å². The van der Waals surface area contributed by atoms with Crippen LogP contribution in [0, 0.1) is 0 Å². The summed E-state index contributed by atoms with van der Waals surface area (Å²) >= 11 is 0. The Labute approximate surface area is 179 Å². The molecule has 0 amide bonds. The van der Waals surface area contributed by atoms with E-state index < -0.39 is 0 Å². The van der Waals surface area contributed by atoms with Gasteiger partial charge >= 0.3 is 0 Å². The predicted molar refractivity (Wildman–Crippen MR) is 122 cm³/mol. The van der Waals surface area contributed by atoms with Gasteiger partial charge in [0.25, 0.3) is 0 Å². The van der Waals surface area contributed by atoms with Crippen molar-refractivity contribution < 1.29 is 9.15 Å². The average Bonchev–Trinajstić information content (AvgIpc) is 3.20. The first-order chi connectivity index (χ1) is 12.8. The molecule has 2 rings (SSSR count). The number of anilines is 1. The molecule has 1 heterocycles. The van der Waals surface area contributed by atoms with Crippen molar-refractivity contribution in [1.29, 1.82) is 0 Å². The maximum Gasteiger partial charge on any atom is 0.190 e. The van der Waals surface area contributed by atoms with E-state index in [1.54, 1.807) is 13.3 Å². The van der Waals surface area contributed by atoms with E-state index in [2.05, 4.69) is 51.8 Å². The summed E-state index contributed by atoms with van der Waals surface area (Å²) in [4.78, 5) is 6.50. The predicted octanol–water partition coefficient (Wildman–Crippen LogP) is 3.50. The van der Waals surface area contributed by atoms with Crippen molar-refractivity contribution in [3.8, 4) is 0 Å². The topological polar surface area (TPSA) is 62.0 Å². The largest absolute Gasteiger partial charge is 0.467 e. The van der Waals surface area contributed by atoms with E-state index >= 15 is 0 Å². The molecule has 6 nitrogen and oxygen atoms in total. The number of aliphatic imine (C=N–C) groups is 1. The molecule has 0 aliphatic heterocycles. The van der Waals surface area contributed by atoms with Gasteiger partial charge in [0.2, 0.25) is 0 Å². The molecule has 1 aromatic heterocycles. The minimum atomic E-state index is 0. The minimum Gasteiger partial charge on any atom is -0.467 e. The number of halogens is 1. The van der Waals surface area contributed by atoms with Crippen molar-refractivity contribution >= 4 is 35.6 Å². The molecule has 0 saturated heterocycles. The molecular formula is C20H31IN4O2. The van der Waals surface area contributed by atoms with Crippen LogP contribution < -0.4 is 15.5 Å². The van der Waals surface area contributed by atoms with E-state index in [9.17, 15) is 0 Å². The second kappa shape index (κ2) is 14.3. The highest BCUT2D eigenvalue weighted by Crippen LogP contribution is 2.10. The van der Waals surface area contributed by atoms with Crippen LogP contribution in [-0.2, 0) is 11.3 Å². The molecule has 0 radical (unpaired) electrons. The Morgan fingerprint density at radius 3 is 2.48 bits per heavy atom. The van der Waals surface area contributed by atoms with Gasteiger partial charge in [0.15, 0.2) is 5.96 Å². The number of ether oxygens (including phenoxy) is 1. The zero-order chi connectivity index (χ0) is 18.5. The van der Waals surface area contributed by atoms with E-state index in [1.807, 2.05) is 18.2 Å². The Hall–Kier alpha value is -1.74. The van der Waals surface area contributed by atoms with E-state index in [1.165, 1.54) is 5.69 Å². The third-order valence-electron chi connectivity index (χ3n) is 3.97. The van der Waals surface area contributed by atoms with Crippen LogP contribution in [0.5, 0.6) is 0 Å². The van der Waals surface area contributed by atoms with Gasteiger partial charge in [-0.3, -0.25) is 4.99 Å². The summed E-state index contributed by atoms with van der Waals surface area (Å²) < 4.78 is 10.8. The van der Waals surface area contributed by atoms with E-state index in [0.717, 1.165) is 44.2 Å². The first kappa shape index (κ1) is 23.3. The van der Waals surface area contributed by atoms with Crippen molar-refractivity contribution in [2.24, 2.45) is 4.99 Å². The molecule has 150 valence electrons. The van der Waals surface area contributed by atoms with Gasteiger partial charge in [-0.2, -0.15) is 0 Å². The Bertz CT molecular complexity index is 620. The number of rotatable bonds is 11. The molecular weight excluding hydrogens is 455 g/mol. The zero-order valence-corrected chi connectivity index (χ0v) is 18.5. The van der Waals surface area contributed by atoms with Crippen LogP contribution in [-0.4, -0.2) is 46.3 Å². The summed E-state index contributed by atoms with van der Waals surface area (Å²) in [5.74, 6) is 1.69. The number of hydrogen-bond acceptors (Lipinski definition) is 4. The Morgan fingerprint density at radius 1 is 1.07 bits per heavy atom. The van der Waals surface area contributed by atoms with Gasteiger partial charge in [0, 0.05) is 46.0 Å². The SMILES string of the molecule is CN=C(NCCCOCc1ccco1)NCCCN(C)c1ccccc1.I. The van der Waals surface area contributed by atoms with Crippen molar-refractivity contribution in [3.63, 3.8) is 0 Å². The van der Waals surface area contributed by atoms with Crippen molar-refractivity contribution in [3.05, 3.63) is 54.5 Å².